The first kappa shape index (κ1) is 11.1. The molecule has 0 aliphatic heterocycles. The lowest BCUT2D eigenvalue weighted by molar-refractivity contribution is -0.139. The molecule has 1 unspecified atom stereocenters. The third-order valence-corrected chi connectivity index (χ3v) is 2.83. The molecular formula is C10H10BrN3O2. The van der Waals surface area contributed by atoms with E-state index in [1.54, 1.807) is 23.7 Å². The Morgan fingerprint density at radius 2 is 2.44 bits per heavy atom. The Morgan fingerprint density at radius 1 is 1.69 bits per heavy atom. The molecule has 16 heavy (non-hydrogen) atoms. The third-order valence-electron chi connectivity index (χ3n) is 2.33. The highest BCUT2D eigenvalue weighted by Gasteiger charge is 2.22. The average molecular weight is 284 g/mol. The lowest BCUT2D eigenvalue weighted by Crippen LogP contribution is -2.12. The Labute approximate surface area is 100 Å². The molecule has 6 heteroatoms. The Morgan fingerprint density at radius 3 is 3.06 bits per heavy atom. The molecular weight excluding hydrogens is 274 g/mol. The van der Waals surface area contributed by atoms with E-state index in [4.69, 9.17) is 5.11 Å². The molecule has 0 saturated heterocycles. The Balaban J connectivity index is 2.49. The summed E-state index contributed by atoms with van der Waals surface area (Å²) in [5.41, 5.74) is 0.643. The fourth-order valence-electron chi connectivity index (χ4n) is 1.49. The van der Waals surface area contributed by atoms with Gasteiger partial charge >= 0.3 is 5.97 Å². The number of aromatic nitrogens is 3. The van der Waals surface area contributed by atoms with E-state index in [0.717, 1.165) is 4.47 Å². The first-order valence-corrected chi connectivity index (χ1v) is 5.65. The summed E-state index contributed by atoms with van der Waals surface area (Å²) in [7, 11) is 0. The number of pyridine rings is 1. The molecule has 1 atom stereocenters. The lowest BCUT2D eigenvalue weighted by atomic mass is 10.1. The topological polar surface area (TPSA) is 67.5 Å². The van der Waals surface area contributed by atoms with Gasteiger partial charge in [0.2, 0.25) is 0 Å². The van der Waals surface area contributed by atoms with Crippen LogP contribution in [0.5, 0.6) is 0 Å². The van der Waals surface area contributed by atoms with Crippen molar-refractivity contribution in [3.8, 4) is 0 Å². The molecule has 0 amide bonds. The van der Waals surface area contributed by atoms with Gasteiger partial charge < -0.3 is 5.11 Å². The molecule has 2 aromatic heterocycles. The second-order valence-electron chi connectivity index (χ2n) is 3.42. The summed E-state index contributed by atoms with van der Waals surface area (Å²) in [6.45, 7) is 1.81. The predicted molar refractivity (Wildman–Crippen MR) is 61.4 cm³/mol. The number of carbonyl (C=O) groups is 1. The minimum atomic E-state index is -0.891. The van der Waals surface area contributed by atoms with E-state index in [1.807, 2.05) is 6.07 Å². The molecule has 84 valence electrons. The zero-order valence-electron chi connectivity index (χ0n) is 8.59. The monoisotopic (exact) mass is 283 g/mol. The summed E-state index contributed by atoms with van der Waals surface area (Å²) >= 11 is 3.33. The number of carboxylic acids is 1. The van der Waals surface area contributed by atoms with Crippen molar-refractivity contribution in [2.45, 2.75) is 19.3 Å². The van der Waals surface area contributed by atoms with Crippen LogP contribution in [-0.2, 0) is 4.79 Å². The Bertz CT molecular complexity index is 538. The van der Waals surface area contributed by atoms with Gasteiger partial charge in [-0.2, -0.15) is 5.10 Å². The molecule has 0 aliphatic carbocycles. The molecule has 0 aromatic carbocycles. The van der Waals surface area contributed by atoms with Crippen LogP contribution >= 0.6 is 15.9 Å². The zero-order valence-corrected chi connectivity index (χ0v) is 10.2. The van der Waals surface area contributed by atoms with Gasteiger partial charge in [0.05, 0.1) is 0 Å². The van der Waals surface area contributed by atoms with Gasteiger partial charge in [-0.25, -0.2) is 9.50 Å². The second-order valence-corrected chi connectivity index (χ2v) is 4.33. The van der Waals surface area contributed by atoms with Crippen molar-refractivity contribution in [1.29, 1.82) is 0 Å². The minimum absolute atomic E-state index is 0.355. The highest BCUT2D eigenvalue weighted by atomic mass is 79.9. The molecule has 0 saturated carbocycles. The normalized spacial score (nSPS) is 12.9. The molecule has 0 bridgehead atoms. The lowest BCUT2D eigenvalue weighted by Gasteiger charge is -2.02. The minimum Gasteiger partial charge on any atom is -0.481 e. The van der Waals surface area contributed by atoms with Crippen molar-refractivity contribution in [3.05, 3.63) is 28.6 Å². The number of aliphatic carboxylic acids is 1. The number of halogens is 1. The van der Waals surface area contributed by atoms with E-state index in [1.165, 1.54) is 0 Å². The van der Waals surface area contributed by atoms with Crippen molar-refractivity contribution >= 4 is 27.5 Å². The van der Waals surface area contributed by atoms with Gasteiger partial charge in [0.15, 0.2) is 11.5 Å². The summed E-state index contributed by atoms with van der Waals surface area (Å²) in [6, 6.07) is 3.62. The first-order chi connectivity index (χ1) is 7.61. The van der Waals surface area contributed by atoms with Crippen LogP contribution < -0.4 is 0 Å². The van der Waals surface area contributed by atoms with Crippen LogP contribution in [0.3, 0.4) is 0 Å². The van der Waals surface area contributed by atoms with Crippen molar-refractivity contribution in [3.63, 3.8) is 0 Å². The van der Waals surface area contributed by atoms with E-state index in [0.29, 0.717) is 17.9 Å². The number of fused-ring (bicyclic) bond motifs is 1. The number of hydrogen-bond donors (Lipinski definition) is 1. The van der Waals surface area contributed by atoms with Crippen molar-refractivity contribution in [1.82, 2.24) is 14.6 Å². The van der Waals surface area contributed by atoms with Gasteiger partial charge in [0.1, 0.15) is 5.92 Å². The van der Waals surface area contributed by atoms with E-state index in [2.05, 4.69) is 26.0 Å². The molecule has 2 heterocycles. The van der Waals surface area contributed by atoms with Crippen LogP contribution in [-0.4, -0.2) is 25.7 Å². The van der Waals surface area contributed by atoms with Gasteiger partial charge in [-0.05, 0) is 18.6 Å². The fourth-order valence-corrected chi connectivity index (χ4v) is 1.81. The molecule has 1 N–H and O–H groups in total. The standard InChI is InChI=1S/C10H10BrN3O2/c1-2-7(10(15)16)9-12-8-5-6(11)3-4-14(8)13-9/h3-5,7H,2H2,1H3,(H,15,16). The van der Waals surface area contributed by atoms with Gasteiger partial charge in [0, 0.05) is 10.7 Å². The molecule has 0 aliphatic rings. The largest absolute Gasteiger partial charge is 0.481 e. The van der Waals surface area contributed by atoms with E-state index >= 15 is 0 Å². The Kier molecular flexibility index (Phi) is 2.91. The number of hydrogen-bond acceptors (Lipinski definition) is 3. The van der Waals surface area contributed by atoms with Crippen LogP contribution in [0.4, 0.5) is 0 Å². The van der Waals surface area contributed by atoms with Crippen LogP contribution in [0, 0.1) is 0 Å². The first-order valence-electron chi connectivity index (χ1n) is 4.86. The van der Waals surface area contributed by atoms with Gasteiger partial charge in [-0.1, -0.05) is 22.9 Å². The molecule has 2 rings (SSSR count). The summed E-state index contributed by atoms with van der Waals surface area (Å²) in [5, 5.41) is 13.2. The zero-order chi connectivity index (χ0) is 11.7. The Hall–Kier alpha value is -1.43. The van der Waals surface area contributed by atoms with Crippen LogP contribution in [0.25, 0.3) is 5.65 Å². The molecule has 0 fully saturated rings. The van der Waals surface area contributed by atoms with Crippen LogP contribution in [0.15, 0.2) is 22.8 Å². The van der Waals surface area contributed by atoms with E-state index in [-0.39, 0.29) is 0 Å². The quantitative estimate of drug-likeness (QED) is 0.936. The maximum Gasteiger partial charge on any atom is 0.314 e. The summed E-state index contributed by atoms with van der Waals surface area (Å²) < 4.78 is 2.47. The van der Waals surface area contributed by atoms with Crippen molar-refractivity contribution < 1.29 is 9.90 Å². The SMILES string of the molecule is CCC(C(=O)O)c1nc2cc(Br)ccn2n1. The van der Waals surface area contributed by atoms with E-state index < -0.39 is 11.9 Å². The molecule has 0 spiro atoms. The molecule has 5 nitrogen and oxygen atoms in total. The van der Waals surface area contributed by atoms with Crippen molar-refractivity contribution in [2.24, 2.45) is 0 Å². The van der Waals surface area contributed by atoms with Crippen LogP contribution in [0.1, 0.15) is 25.1 Å². The average Bonchev–Trinajstić information content (AvgIpc) is 2.60. The third kappa shape index (κ3) is 1.92. The predicted octanol–water partition coefficient (Wildman–Crippen LogP) is 2.07. The van der Waals surface area contributed by atoms with Gasteiger partial charge in [0.25, 0.3) is 0 Å². The van der Waals surface area contributed by atoms with Gasteiger partial charge in [-0.15, -0.1) is 0 Å². The highest BCUT2D eigenvalue weighted by Crippen LogP contribution is 2.18. The maximum absolute atomic E-state index is 11.0. The number of carboxylic acid groups (broad SMARTS) is 1. The fraction of sp³-hybridized carbons (Fsp3) is 0.300. The van der Waals surface area contributed by atoms with Gasteiger partial charge in [-0.3, -0.25) is 4.79 Å². The number of rotatable bonds is 3. The summed E-state index contributed by atoms with van der Waals surface area (Å²) in [6.07, 6.45) is 2.22. The molecule has 0 radical (unpaired) electrons. The highest BCUT2D eigenvalue weighted by molar-refractivity contribution is 9.10. The summed E-state index contributed by atoms with van der Waals surface area (Å²) in [5.74, 6) is -1.18. The maximum atomic E-state index is 11.0. The van der Waals surface area contributed by atoms with Crippen LogP contribution in [0.2, 0.25) is 0 Å². The van der Waals surface area contributed by atoms with Crippen molar-refractivity contribution in [2.75, 3.05) is 0 Å². The van der Waals surface area contributed by atoms with E-state index in [9.17, 15) is 4.79 Å². The smallest absolute Gasteiger partial charge is 0.314 e. The summed E-state index contributed by atoms with van der Waals surface area (Å²) in [4.78, 5) is 15.2. The molecule has 2 aromatic rings. The number of nitrogens with zero attached hydrogens (tertiary/aromatic N) is 3. The second kappa shape index (κ2) is 4.21.